The molecule has 1 amide bonds. The lowest BCUT2D eigenvalue weighted by atomic mass is 10.0. The minimum Gasteiger partial charge on any atom is -0.339 e. The smallest absolute Gasteiger partial charge is 0.270 e. The van der Waals surface area contributed by atoms with Gasteiger partial charge < -0.3 is 5.32 Å². The van der Waals surface area contributed by atoms with Gasteiger partial charge in [-0.15, -0.1) is 11.3 Å². The van der Waals surface area contributed by atoms with E-state index in [1.807, 2.05) is 23.6 Å². The number of nitrogens with one attached hydrogen (secondary N) is 1. The Bertz CT molecular complexity index is 752. The molecule has 0 fully saturated rings. The first kappa shape index (κ1) is 15.4. The number of nitrogens with zero attached hydrogens (tertiary/aromatic N) is 1. The van der Waals surface area contributed by atoms with Crippen LogP contribution < -0.4 is 5.32 Å². The highest BCUT2D eigenvalue weighted by molar-refractivity contribution is 7.10. The second-order valence-electron chi connectivity index (χ2n) is 5.23. The van der Waals surface area contributed by atoms with Gasteiger partial charge in [0.15, 0.2) is 0 Å². The molecule has 3 nitrogen and oxygen atoms in total. The zero-order chi connectivity index (χ0) is 16.1. The second kappa shape index (κ2) is 7.20. The molecule has 1 aromatic carbocycles. The fraction of sp³-hybridized carbons (Fsp3) is 0.158. The van der Waals surface area contributed by atoms with Crippen molar-refractivity contribution < 1.29 is 4.79 Å². The first-order chi connectivity index (χ1) is 11.3. The number of benzene rings is 1. The van der Waals surface area contributed by atoms with Gasteiger partial charge in [-0.2, -0.15) is 0 Å². The van der Waals surface area contributed by atoms with Crippen molar-refractivity contribution in [1.29, 1.82) is 0 Å². The number of thiophene rings is 1. The van der Waals surface area contributed by atoms with Crippen LogP contribution in [0.5, 0.6) is 0 Å². The van der Waals surface area contributed by atoms with Gasteiger partial charge in [0.05, 0.1) is 6.04 Å². The average Bonchev–Trinajstić information content (AvgIpc) is 3.15. The molecule has 1 unspecified atom stereocenters. The van der Waals surface area contributed by atoms with Crippen LogP contribution in [0.3, 0.4) is 0 Å². The third kappa shape index (κ3) is 3.66. The fourth-order valence-electron chi connectivity index (χ4n) is 2.42. The molecule has 23 heavy (non-hydrogen) atoms. The van der Waals surface area contributed by atoms with Gasteiger partial charge in [0.2, 0.25) is 0 Å². The van der Waals surface area contributed by atoms with Gasteiger partial charge in [0.1, 0.15) is 5.69 Å². The molecule has 116 valence electrons. The molecule has 3 rings (SSSR count). The van der Waals surface area contributed by atoms with Crippen LogP contribution in [0.1, 0.15) is 39.5 Å². The molecule has 3 aromatic rings. The topological polar surface area (TPSA) is 42.0 Å². The lowest BCUT2D eigenvalue weighted by Gasteiger charge is -2.18. The molecular formula is C19H18N2OS. The normalized spacial score (nSPS) is 11.9. The lowest BCUT2D eigenvalue weighted by molar-refractivity contribution is 0.0938. The Labute approximate surface area is 140 Å². The Kier molecular flexibility index (Phi) is 4.83. The number of carbonyl (C=O) groups is 1. The number of hydrogen-bond acceptors (Lipinski definition) is 3. The summed E-state index contributed by atoms with van der Waals surface area (Å²) in [6, 6.07) is 17.6. The summed E-state index contributed by atoms with van der Waals surface area (Å²) in [5.74, 6) is -0.163. The predicted molar refractivity (Wildman–Crippen MR) is 93.7 cm³/mol. The Hall–Kier alpha value is -2.46. The van der Waals surface area contributed by atoms with Gasteiger partial charge >= 0.3 is 0 Å². The number of hydrogen-bond donors (Lipinski definition) is 1. The van der Waals surface area contributed by atoms with E-state index in [9.17, 15) is 4.79 Å². The Morgan fingerprint density at radius 3 is 2.57 bits per heavy atom. The Balaban J connectivity index is 1.88. The molecule has 0 bridgehead atoms. The summed E-state index contributed by atoms with van der Waals surface area (Å²) >= 11 is 1.64. The maximum absolute atomic E-state index is 12.5. The molecule has 1 N–H and O–H groups in total. The van der Waals surface area contributed by atoms with Gasteiger partial charge in [-0.05, 0) is 41.1 Å². The zero-order valence-corrected chi connectivity index (χ0v) is 13.7. The SMILES string of the molecule is CCc1ccc(C(NC(=O)c2ccccn2)c2cccs2)cc1. The standard InChI is InChI=1S/C19H18N2OS/c1-2-14-8-10-15(11-9-14)18(17-7-5-13-23-17)21-19(22)16-6-3-4-12-20-16/h3-13,18H,2H2,1H3,(H,21,22). The van der Waals surface area contributed by atoms with Crippen LogP contribution in [0.2, 0.25) is 0 Å². The summed E-state index contributed by atoms with van der Waals surface area (Å²) in [4.78, 5) is 17.7. The summed E-state index contributed by atoms with van der Waals surface area (Å²) in [5.41, 5.74) is 2.79. The van der Waals surface area contributed by atoms with Crippen molar-refractivity contribution in [1.82, 2.24) is 10.3 Å². The van der Waals surface area contributed by atoms with E-state index in [1.54, 1.807) is 29.7 Å². The number of aryl methyl sites for hydroxylation is 1. The molecule has 0 radical (unpaired) electrons. The monoisotopic (exact) mass is 322 g/mol. The largest absolute Gasteiger partial charge is 0.339 e. The van der Waals surface area contributed by atoms with Crippen molar-refractivity contribution in [2.75, 3.05) is 0 Å². The molecule has 2 heterocycles. The number of amides is 1. The minimum absolute atomic E-state index is 0.157. The summed E-state index contributed by atoms with van der Waals surface area (Å²) in [6.45, 7) is 2.13. The van der Waals surface area contributed by atoms with E-state index in [0.29, 0.717) is 5.69 Å². The number of pyridine rings is 1. The highest BCUT2D eigenvalue weighted by atomic mass is 32.1. The summed E-state index contributed by atoms with van der Waals surface area (Å²) in [7, 11) is 0. The van der Waals surface area contributed by atoms with Crippen molar-refractivity contribution in [2.24, 2.45) is 0 Å². The first-order valence-corrected chi connectivity index (χ1v) is 8.50. The fourth-order valence-corrected chi connectivity index (χ4v) is 3.22. The molecule has 0 aliphatic rings. The number of rotatable bonds is 5. The van der Waals surface area contributed by atoms with E-state index in [2.05, 4.69) is 41.5 Å². The Morgan fingerprint density at radius 1 is 1.13 bits per heavy atom. The van der Waals surface area contributed by atoms with Crippen LogP contribution in [0.25, 0.3) is 0 Å². The van der Waals surface area contributed by atoms with Crippen molar-refractivity contribution in [3.63, 3.8) is 0 Å². The number of carbonyl (C=O) groups excluding carboxylic acids is 1. The van der Waals surface area contributed by atoms with Crippen LogP contribution in [0, 0.1) is 0 Å². The van der Waals surface area contributed by atoms with E-state index in [4.69, 9.17) is 0 Å². The van der Waals surface area contributed by atoms with E-state index in [1.165, 1.54) is 5.56 Å². The lowest BCUT2D eigenvalue weighted by Crippen LogP contribution is -2.29. The van der Waals surface area contributed by atoms with Crippen molar-refractivity contribution in [3.05, 3.63) is 87.9 Å². The van der Waals surface area contributed by atoms with Gasteiger partial charge in [0.25, 0.3) is 5.91 Å². The van der Waals surface area contributed by atoms with E-state index in [0.717, 1.165) is 16.9 Å². The quantitative estimate of drug-likeness (QED) is 0.764. The average molecular weight is 322 g/mol. The van der Waals surface area contributed by atoms with Crippen molar-refractivity contribution in [3.8, 4) is 0 Å². The summed E-state index contributed by atoms with van der Waals surface area (Å²) in [6.07, 6.45) is 2.63. The van der Waals surface area contributed by atoms with Crippen LogP contribution in [0.15, 0.2) is 66.2 Å². The molecule has 4 heteroatoms. The van der Waals surface area contributed by atoms with Gasteiger partial charge in [0, 0.05) is 11.1 Å². The van der Waals surface area contributed by atoms with E-state index < -0.39 is 0 Å². The molecule has 0 aliphatic heterocycles. The maximum Gasteiger partial charge on any atom is 0.270 e. The van der Waals surface area contributed by atoms with Gasteiger partial charge in [-0.25, -0.2) is 0 Å². The highest BCUT2D eigenvalue weighted by Gasteiger charge is 2.19. The van der Waals surface area contributed by atoms with Gasteiger partial charge in [-0.1, -0.05) is 43.3 Å². The molecule has 0 saturated carbocycles. The maximum atomic E-state index is 12.5. The third-order valence-electron chi connectivity index (χ3n) is 3.72. The van der Waals surface area contributed by atoms with Crippen molar-refractivity contribution >= 4 is 17.2 Å². The molecule has 0 spiro atoms. The molecule has 2 aromatic heterocycles. The second-order valence-corrected chi connectivity index (χ2v) is 6.21. The predicted octanol–water partition coefficient (Wildman–Crippen LogP) is 4.22. The van der Waals surface area contributed by atoms with Gasteiger partial charge in [-0.3, -0.25) is 9.78 Å². The third-order valence-corrected chi connectivity index (χ3v) is 4.66. The zero-order valence-electron chi connectivity index (χ0n) is 12.9. The van der Waals surface area contributed by atoms with E-state index in [-0.39, 0.29) is 11.9 Å². The highest BCUT2D eigenvalue weighted by Crippen LogP contribution is 2.26. The molecule has 1 atom stereocenters. The Morgan fingerprint density at radius 2 is 1.96 bits per heavy atom. The summed E-state index contributed by atoms with van der Waals surface area (Å²) in [5, 5.41) is 5.12. The van der Waals surface area contributed by atoms with Crippen LogP contribution in [-0.2, 0) is 6.42 Å². The van der Waals surface area contributed by atoms with E-state index >= 15 is 0 Å². The van der Waals surface area contributed by atoms with Crippen LogP contribution >= 0.6 is 11.3 Å². The molecular weight excluding hydrogens is 304 g/mol. The summed E-state index contributed by atoms with van der Waals surface area (Å²) < 4.78 is 0. The molecule has 0 aliphatic carbocycles. The molecule has 0 saturated heterocycles. The first-order valence-electron chi connectivity index (χ1n) is 7.62. The van der Waals surface area contributed by atoms with Crippen LogP contribution in [0.4, 0.5) is 0 Å². The minimum atomic E-state index is -0.163. The van der Waals surface area contributed by atoms with Crippen LogP contribution in [-0.4, -0.2) is 10.9 Å². The van der Waals surface area contributed by atoms with Crippen molar-refractivity contribution in [2.45, 2.75) is 19.4 Å². The number of aromatic nitrogens is 1.